The second-order valence-electron chi connectivity index (χ2n) is 13.9. The summed E-state index contributed by atoms with van der Waals surface area (Å²) in [6.07, 6.45) is 10.2. The monoisotopic (exact) mass is 574 g/mol. The number of hydrogen-bond donors (Lipinski definition) is 1. The number of rotatable bonds is 9. The largest absolute Gasteiger partial charge is 0.278 e. The Morgan fingerprint density at radius 3 is 2.26 bits per heavy atom. The number of aryl methyl sites for hydroxylation is 1. The van der Waals surface area contributed by atoms with E-state index < -0.39 is 9.85 Å². The van der Waals surface area contributed by atoms with Crippen molar-refractivity contribution in [1.29, 1.82) is 0 Å². The van der Waals surface area contributed by atoms with Crippen LogP contribution in [-0.2, 0) is 19.3 Å². The van der Waals surface area contributed by atoms with Gasteiger partial charge in [-0.2, -0.15) is 5.10 Å². The maximum atomic E-state index is 11.5. The van der Waals surface area contributed by atoms with E-state index in [2.05, 4.69) is 53.0 Å². The molecule has 0 amide bonds. The minimum Gasteiger partial charge on any atom is -0.278 e. The van der Waals surface area contributed by atoms with Gasteiger partial charge in [0, 0.05) is 23.8 Å². The fourth-order valence-electron chi connectivity index (χ4n) is 8.24. The van der Waals surface area contributed by atoms with Crippen LogP contribution in [0.4, 0.5) is 17.1 Å². The number of nitrogens with zero attached hydrogens (tertiary/aromatic N) is 3. The molecule has 5 atom stereocenters. The molecule has 0 radical (unpaired) electrons. The molecule has 8 nitrogen and oxygen atoms in total. The number of benzene rings is 2. The molecule has 0 heterocycles. The SMILES string of the molecule is Cc1c2c(cc3c1CCC1(C)C3/C(=N/Nc3cc([N+](=O)[O-])cc([N+](=O)[O-])c3)CC1C(C)CCC(C)C(C)C)CCCC2. The molecule has 3 aliphatic rings. The van der Waals surface area contributed by atoms with Gasteiger partial charge >= 0.3 is 0 Å². The van der Waals surface area contributed by atoms with Gasteiger partial charge in [0.05, 0.1) is 21.6 Å². The highest BCUT2D eigenvalue weighted by molar-refractivity contribution is 5.96. The Morgan fingerprint density at radius 1 is 0.952 bits per heavy atom. The highest BCUT2D eigenvalue weighted by Gasteiger charge is 2.54. The summed E-state index contributed by atoms with van der Waals surface area (Å²) in [7, 11) is 0. The molecule has 5 unspecified atom stereocenters. The zero-order valence-electron chi connectivity index (χ0n) is 26.0. The summed E-state index contributed by atoms with van der Waals surface area (Å²) in [6, 6.07) is 6.13. The quantitative estimate of drug-likeness (QED) is 0.237. The van der Waals surface area contributed by atoms with Gasteiger partial charge in [0.2, 0.25) is 0 Å². The van der Waals surface area contributed by atoms with E-state index in [4.69, 9.17) is 5.10 Å². The highest BCUT2D eigenvalue weighted by Crippen LogP contribution is 2.60. The number of nitrogens with one attached hydrogen (secondary N) is 1. The fraction of sp³-hybridized carbons (Fsp3) is 0.618. The predicted molar refractivity (Wildman–Crippen MR) is 168 cm³/mol. The summed E-state index contributed by atoms with van der Waals surface area (Å²) in [6.45, 7) is 14.1. The lowest BCUT2D eigenvalue weighted by atomic mass is 9.59. The summed E-state index contributed by atoms with van der Waals surface area (Å²) >= 11 is 0. The fourth-order valence-corrected chi connectivity index (χ4v) is 8.24. The van der Waals surface area contributed by atoms with Crippen LogP contribution >= 0.6 is 0 Å². The first-order valence-corrected chi connectivity index (χ1v) is 15.8. The Labute approximate surface area is 249 Å². The number of anilines is 1. The molecule has 8 heteroatoms. The Balaban J connectivity index is 1.55. The van der Waals surface area contributed by atoms with Crippen molar-refractivity contribution in [1.82, 2.24) is 0 Å². The van der Waals surface area contributed by atoms with E-state index in [0.29, 0.717) is 23.7 Å². The average molecular weight is 575 g/mol. The zero-order chi connectivity index (χ0) is 30.3. The number of non-ortho nitro benzene ring substituents is 2. The van der Waals surface area contributed by atoms with Crippen molar-refractivity contribution in [2.24, 2.45) is 34.2 Å². The first-order chi connectivity index (χ1) is 19.9. The van der Waals surface area contributed by atoms with E-state index in [1.54, 1.807) is 5.56 Å². The molecule has 5 rings (SSSR count). The van der Waals surface area contributed by atoms with Gasteiger partial charge in [-0.3, -0.25) is 25.7 Å². The van der Waals surface area contributed by atoms with Gasteiger partial charge in [-0.1, -0.05) is 53.5 Å². The molecule has 0 spiro atoms. The van der Waals surface area contributed by atoms with E-state index in [-0.39, 0.29) is 28.4 Å². The van der Waals surface area contributed by atoms with E-state index >= 15 is 0 Å². The number of nitro benzene ring substituents is 2. The Kier molecular flexibility index (Phi) is 8.46. The van der Waals surface area contributed by atoms with Crippen LogP contribution in [0.25, 0.3) is 0 Å². The molecule has 1 fully saturated rings. The van der Waals surface area contributed by atoms with Crippen molar-refractivity contribution >= 4 is 22.8 Å². The summed E-state index contributed by atoms with van der Waals surface area (Å²) in [4.78, 5) is 21.8. The Hall–Kier alpha value is -3.29. The lowest BCUT2D eigenvalue weighted by Crippen LogP contribution is -2.37. The third-order valence-corrected chi connectivity index (χ3v) is 11.1. The number of nitro groups is 2. The number of hydrogen-bond acceptors (Lipinski definition) is 6. The first-order valence-electron chi connectivity index (χ1n) is 15.8. The van der Waals surface area contributed by atoms with E-state index in [9.17, 15) is 20.2 Å². The van der Waals surface area contributed by atoms with E-state index in [0.717, 1.165) is 43.9 Å². The van der Waals surface area contributed by atoms with Crippen molar-refractivity contribution in [3.8, 4) is 0 Å². The van der Waals surface area contributed by atoms with E-state index in [1.807, 2.05) is 0 Å². The summed E-state index contributed by atoms with van der Waals surface area (Å²) in [5.41, 5.74) is 11.2. The van der Waals surface area contributed by atoms with Crippen molar-refractivity contribution in [3.63, 3.8) is 0 Å². The van der Waals surface area contributed by atoms with Gasteiger partial charge in [0.25, 0.3) is 11.4 Å². The van der Waals surface area contributed by atoms with Gasteiger partial charge in [0.15, 0.2) is 0 Å². The third-order valence-electron chi connectivity index (χ3n) is 11.1. The van der Waals surface area contributed by atoms with Gasteiger partial charge < -0.3 is 0 Å². The number of hydrazone groups is 1. The van der Waals surface area contributed by atoms with E-state index in [1.165, 1.54) is 60.1 Å². The van der Waals surface area contributed by atoms with Gasteiger partial charge in [-0.25, -0.2) is 0 Å². The predicted octanol–water partition coefficient (Wildman–Crippen LogP) is 8.92. The molecule has 0 bridgehead atoms. The van der Waals surface area contributed by atoms with Crippen LogP contribution in [0.15, 0.2) is 29.4 Å². The minimum absolute atomic E-state index is 0.0536. The average Bonchev–Trinajstić information content (AvgIpc) is 3.27. The molecule has 3 aliphatic carbocycles. The second kappa shape index (κ2) is 11.8. The molecule has 0 saturated heterocycles. The second-order valence-corrected chi connectivity index (χ2v) is 13.9. The molecular weight excluding hydrogens is 528 g/mol. The molecular formula is C34H46N4O4. The molecule has 1 saturated carbocycles. The van der Waals surface area contributed by atoms with Crippen molar-refractivity contribution in [2.75, 3.05) is 5.43 Å². The molecule has 0 aromatic heterocycles. The molecule has 2 aromatic rings. The summed E-state index contributed by atoms with van der Waals surface area (Å²) in [5, 5.41) is 27.9. The third kappa shape index (κ3) is 5.57. The highest BCUT2D eigenvalue weighted by atomic mass is 16.6. The smallest absolute Gasteiger partial charge is 0.278 e. The first kappa shape index (κ1) is 30.2. The van der Waals surface area contributed by atoms with Crippen LogP contribution in [0.3, 0.4) is 0 Å². The van der Waals surface area contributed by atoms with Crippen molar-refractivity contribution in [3.05, 3.63) is 72.3 Å². The lowest BCUT2D eigenvalue weighted by molar-refractivity contribution is -0.394. The molecule has 226 valence electrons. The van der Waals surface area contributed by atoms with Crippen LogP contribution in [-0.4, -0.2) is 15.6 Å². The summed E-state index contributed by atoms with van der Waals surface area (Å²) < 4.78 is 0. The number of fused-ring (bicyclic) bond motifs is 4. The minimum atomic E-state index is -0.600. The Bertz CT molecular complexity index is 1380. The van der Waals surface area contributed by atoms with Gasteiger partial charge in [-0.05, 0) is 109 Å². The molecule has 2 aromatic carbocycles. The van der Waals surface area contributed by atoms with Crippen LogP contribution in [0.5, 0.6) is 0 Å². The standard InChI is InChI=1S/C34H46N4O4/c1-20(2)21(3)11-12-22(4)31-19-32(36-35-25-16-26(37(39)40)18-27(17-25)38(41)42)33-30-15-24-9-7-8-10-28(24)23(5)29(30)13-14-34(31,33)6/h15-18,20-22,31,33,35H,7-14,19H2,1-6H3/b36-32+. The van der Waals surface area contributed by atoms with Gasteiger partial charge in [-0.15, -0.1) is 0 Å². The van der Waals surface area contributed by atoms with Crippen LogP contribution in [0.1, 0.15) is 107 Å². The molecule has 1 N–H and O–H groups in total. The van der Waals surface area contributed by atoms with Crippen molar-refractivity contribution in [2.45, 2.75) is 105 Å². The zero-order valence-corrected chi connectivity index (χ0v) is 26.0. The van der Waals surface area contributed by atoms with Crippen LogP contribution in [0, 0.1) is 56.2 Å². The molecule has 42 heavy (non-hydrogen) atoms. The summed E-state index contributed by atoms with van der Waals surface area (Å²) in [5.74, 6) is 2.50. The maximum absolute atomic E-state index is 11.5. The van der Waals surface area contributed by atoms with Crippen LogP contribution < -0.4 is 5.43 Å². The Morgan fingerprint density at radius 2 is 1.62 bits per heavy atom. The maximum Gasteiger partial charge on any atom is 0.278 e. The lowest BCUT2D eigenvalue weighted by Gasteiger charge is -2.44. The normalized spacial score (nSPS) is 25.5. The topological polar surface area (TPSA) is 111 Å². The van der Waals surface area contributed by atoms with Gasteiger partial charge in [0.1, 0.15) is 0 Å². The van der Waals surface area contributed by atoms with Crippen molar-refractivity contribution < 1.29 is 9.85 Å². The van der Waals surface area contributed by atoms with Crippen LogP contribution in [0.2, 0.25) is 0 Å². The molecule has 0 aliphatic heterocycles.